The molecular weight excluding hydrogens is 344 g/mol. The third-order valence-electron chi connectivity index (χ3n) is 4.94. The molecule has 0 radical (unpaired) electrons. The number of nitrogen functional groups attached to an aromatic ring is 1. The standard InChI is InChI=1S/C20H28N4OS/c21-20-23-17(15-26-20)10-11-19(25)22-14-18(16-8-4-3-5-9-16)24-12-6-1-2-7-13-24/h3-5,8-9,15,18H,1-2,6-7,10-14H2,(H2,21,23)(H,22,25)/t18-/m1/s1. The molecule has 2 heterocycles. The molecule has 3 rings (SSSR count). The van der Waals surface area contributed by atoms with Gasteiger partial charge in [0.1, 0.15) is 0 Å². The summed E-state index contributed by atoms with van der Waals surface area (Å²) >= 11 is 1.42. The number of aryl methyl sites for hydroxylation is 1. The van der Waals surface area contributed by atoms with Crippen molar-refractivity contribution in [2.45, 2.75) is 44.6 Å². The second-order valence-corrected chi connectivity index (χ2v) is 7.75. The SMILES string of the molecule is Nc1nc(CCC(=O)NC[C@H](c2ccccc2)N2CCCCCC2)cs1. The van der Waals surface area contributed by atoms with Crippen molar-refractivity contribution in [3.63, 3.8) is 0 Å². The number of amides is 1. The monoisotopic (exact) mass is 372 g/mol. The van der Waals surface area contributed by atoms with Crippen molar-refractivity contribution < 1.29 is 4.79 Å². The Labute approximate surface area is 159 Å². The van der Waals surface area contributed by atoms with Crippen LogP contribution in [0.1, 0.15) is 49.4 Å². The first-order valence-corrected chi connectivity index (χ1v) is 10.4. The predicted octanol–water partition coefficient (Wildman–Crippen LogP) is 3.39. The Balaban J connectivity index is 1.57. The van der Waals surface area contributed by atoms with Crippen LogP contribution in [-0.4, -0.2) is 35.4 Å². The second kappa shape index (κ2) is 9.69. The summed E-state index contributed by atoms with van der Waals surface area (Å²) in [6.45, 7) is 2.86. The molecule has 1 aromatic heterocycles. The highest BCUT2D eigenvalue weighted by Gasteiger charge is 2.22. The normalized spacial score (nSPS) is 16.8. The number of thiazole rings is 1. The molecule has 5 nitrogen and oxygen atoms in total. The molecule has 0 spiro atoms. The van der Waals surface area contributed by atoms with Gasteiger partial charge < -0.3 is 11.1 Å². The van der Waals surface area contributed by atoms with E-state index in [1.54, 1.807) is 0 Å². The van der Waals surface area contributed by atoms with Gasteiger partial charge in [-0.1, -0.05) is 43.2 Å². The Kier molecular flexibility index (Phi) is 7.03. The van der Waals surface area contributed by atoms with Crippen LogP contribution in [0.3, 0.4) is 0 Å². The lowest BCUT2D eigenvalue weighted by molar-refractivity contribution is -0.121. The average molecular weight is 373 g/mol. The average Bonchev–Trinajstić information content (AvgIpc) is 2.90. The van der Waals surface area contributed by atoms with Crippen molar-refractivity contribution >= 4 is 22.4 Å². The van der Waals surface area contributed by atoms with E-state index in [0.29, 0.717) is 24.5 Å². The van der Waals surface area contributed by atoms with Crippen LogP contribution in [0.2, 0.25) is 0 Å². The van der Waals surface area contributed by atoms with Gasteiger partial charge in [-0.05, 0) is 37.9 Å². The molecule has 0 aliphatic carbocycles. The maximum absolute atomic E-state index is 12.3. The summed E-state index contributed by atoms with van der Waals surface area (Å²) in [5, 5.41) is 5.62. The highest BCUT2D eigenvalue weighted by atomic mass is 32.1. The maximum atomic E-state index is 12.3. The van der Waals surface area contributed by atoms with Crippen molar-refractivity contribution in [1.29, 1.82) is 0 Å². The molecule has 0 unspecified atom stereocenters. The van der Waals surface area contributed by atoms with Crippen LogP contribution in [0.4, 0.5) is 5.13 Å². The van der Waals surface area contributed by atoms with Gasteiger partial charge in [-0.2, -0.15) is 0 Å². The van der Waals surface area contributed by atoms with Crippen molar-refractivity contribution in [2.75, 3.05) is 25.4 Å². The largest absolute Gasteiger partial charge is 0.375 e. The van der Waals surface area contributed by atoms with E-state index < -0.39 is 0 Å². The van der Waals surface area contributed by atoms with Crippen LogP contribution >= 0.6 is 11.3 Å². The topological polar surface area (TPSA) is 71.2 Å². The van der Waals surface area contributed by atoms with E-state index in [9.17, 15) is 4.79 Å². The molecule has 1 aromatic carbocycles. The van der Waals surface area contributed by atoms with Crippen LogP contribution < -0.4 is 11.1 Å². The highest BCUT2D eigenvalue weighted by Crippen LogP contribution is 2.23. The molecular formula is C20H28N4OS. The summed E-state index contributed by atoms with van der Waals surface area (Å²) in [7, 11) is 0. The number of hydrogen-bond donors (Lipinski definition) is 2. The van der Waals surface area contributed by atoms with Gasteiger partial charge in [0.2, 0.25) is 5.91 Å². The molecule has 26 heavy (non-hydrogen) atoms. The van der Waals surface area contributed by atoms with Gasteiger partial charge in [0.05, 0.1) is 11.7 Å². The fourth-order valence-electron chi connectivity index (χ4n) is 3.52. The van der Waals surface area contributed by atoms with Crippen LogP contribution in [0, 0.1) is 0 Å². The van der Waals surface area contributed by atoms with Crippen LogP contribution in [0.5, 0.6) is 0 Å². The zero-order valence-corrected chi connectivity index (χ0v) is 16.0. The van der Waals surface area contributed by atoms with Gasteiger partial charge in [-0.3, -0.25) is 9.69 Å². The number of carbonyl (C=O) groups excluding carboxylic acids is 1. The summed E-state index contributed by atoms with van der Waals surface area (Å²) in [6.07, 6.45) is 6.18. The molecule has 1 aliphatic rings. The fraction of sp³-hybridized carbons (Fsp3) is 0.500. The number of benzene rings is 1. The molecule has 140 valence electrons. The summed E-state index contributed by atoms with van der Waals surface area (Å²) in [5.41, 5.74) is 7.82. The molecule has 1 fully saturated rings. The third-order valence-corrected chi connectivity index (χ3v) is 5.66. The predicted molar refractivity (Wildman–Crippen MR) is 107 cm³/mol. The Hall–Kier alpha value is -1.92. The summed E-state index contributed by atoms with van der Waals surface area (Å²) < 4.78 is 0. The number of nitrogens with zero attached hydrogens (tertiary/aromatic N) is 2. The molecule has 0 bridgehead atoms. The van der Waals surface area contributed by atoms with Crippen molar-refractivity contribution in [3.8, 4) is 0 Å². The zero-order valence-electron chi connectivity index (χ0n) is 15.2. The molecule has 1 aliphatic heterocycles. The zero-order chi connectivity index (χ0) is 18.2. The number of nitrogens with two attached hydrogens (primary N) is 1. The van der Waals surface area contributed by atoms with Gasteiger partial charge in [0.25, 0.3) is 0 Å². The lowest BCUT2D eigenvalue weighted by Crippen LogP contribution is -2.38. The minimum atomic E-state index is 0.0762. The molecule has 1 atom stereocenters. The third kappa shape index (κ3) is 5.54. The summed E-state index contributed by atoms with van der Waals surface area (Å²) in [5.74, 6) is 0.0762. The van der Waals surface area contributed by atoms with Gasteiger partial charge in [-0.15, -0.1) is 11.3 Å². The molecule has 0 saturated carbocycles. The molecule has 6 heteroatoms. The van der Waals surface area contributed by atoms with Gasteiger partial charge in [-0.25, -0.2) is 4.98 Å². The highest BCUT2D eigenvalue weighted by molar-refractivity contribution is 7.13. The van der Waals surface area contributed by atoms with E-state index >= 15 is 0 Å². The minimum absolute atomic E-state index is 0.0762. The smallest absolute Gasteiger partial charge is 0.220 e. The number of carbonyl (C=O) groups is 1. The maximum Gasteiger partial charge on any atom is 0.220 e. The van der Waals surface area contributed by atoms with E-state index in [1.165, 1.54) is 42.6 Å². The first-order valence-electron chi connectivity index (χ1n) is 9.48. The van der Waals surface area contributed by atoms with Gasteiger partial charge in [0.15, 0.2) is 5.13 Å². The first-order chi connectivity index (χ1) is 12.7. The second-order valence-electron chi connectivity index (χ2n) is 6.86. The number of aromatic nitrogens is 1. The number of likely N-dealkylation sites (tertiary alicyclic amines) is 1. The summed E-state index contributed by atoms with van der Waals surface area (Å²) in [4.78, 5) is 19.1. The van der Waals surface area contributed by atoms with Crippen LogP contribution in [0.15, 0.2) is 35.7 Å². The number of nitrogens with one attached hydrogen (secondary N) is 1. The Morgan fingerprint density at radius 3 is 2.58 bits per heavy atom. The Morgan fingerprint density at radius 1 is 1.19 bits per heavy atom. The fourth-order valence-corrected chi connectivity index (χ4v) is 4.12. The first kappa shape index (κ1) is 18.9. The summed E-state index contributed by atoms with van der Waals surface area (Å²) in [6, 6.07) is 10.8. The van der Waals surface area contributed by atoms with Crippen molar-refractivity contribution in [2.24, 2.45) is 0 Å². The van der Waals surface area contributed by atoms with Gasteiger partial charge >= 0.3 is 0 Å². The van der Waals surface area contributed by atoms with E-state index in [0.717, 1.165) is 18.8 Å². The minimum Gasteiger partial charge on any atom is -0.375 e. The van der Waals surface area contributed by atoms with Crippen LogP contribution in [-0.2, 0) is 11.2 Å². The Morgan fingerprint density at radius 2 is 1.92 bits per heavy atom. The molecule has 2 aromatic rings. The lowest BCUT2D eigenvalue weighted by atomic mass is 10.0. The van der Waals surface area contributed by atoms with Gasteiger partial charge in [0, 0.05) is 18.3 Å². The Bertz CT molecular complexity index is 680. The number of hydrogen-bond acceptors (Lipinski definition) is 5. The lowest BCUT2D eigenvalue weighted by Gasteiger charge is -2.31. The molecule has 1 amide bonds. The van der Waals surface area contributed by atoms with Crippen molar-refractivity contribution in [3.05, 3.63) is 47.0 Å². The van der Waals surface area contributed by atoms with E-state index in [2.05, 4.69) is 39.5 Å². The van der Waals surface area contributed by atoms with E-state index in [-0.39, 0.29) is 11.9 Å². The number of anilines is 1. The molecule has 3 N–H and O–H groups in total. The quantitative estimate of drug-likeness (QED) is 0.781. The number of rotatable bonds is 7. The van der Waals surface area contributed by atoms with Crippen LogP contribution in [0.25, 0.3) is 0 Å². The molecule has 1 saturated heterocycles. The van der Waals surface area contributed by atoms with Crippen molar-refractivity contribution in [1.82, 2.24) is 15.2 Å². The van der Waals surface area contributed by atoms with E-state index in [1.807, 2.05) is 11.4 Å². The van der Waals surface area contributed by atoms with E-state index in [4.69, 9.17) is 5.73 Å².